The first-order valence-electron chi connectivity index (χ1n) is 7.31. The fourth-order valence-electron chi connectivity index (χ4n) is 2.37. The van der Waals surface area contributed by atoms with E-state index in [0.29, 0.717) is 18.4 Å². The van der Waals surface area contributed by atoms with E-state index in [2.05, 4.69) is 5.32 Å². The highest BCUT2D eigenvalue weighted by atomic mass is 16.6. The van der Waals surface area contributed by atoms with E-state index in [0.717, 1.165) is 11.1 Å². The molecule has 1 amide bonds. The van der Waals surface area contributed by atoms with E-state index in [9.17, 15) is 14.9 Å². The number of nitrogens with one attached hydrogen (secondary N) is 1. The number of hydrogen-bond donors (Lipinski definition) is 2. The van der Waals surface area contributed by atoms with Crippen LogP contribution in [0.1, 0.15) is 29.2 Å². The lowest BCUT2D eigenvalue weighted by Gasteiger charge is -2.13. The maximum atomic E-state index is 11.3. The third-order valence-electron chi connectivity index (χ3n) is 3.73. The SMILES string of the molecule is CNC(=O)CCc1ccc(C(N)c2ccccc2[N+](=O)[O-])cc1. The Morgan fingerprint density at radius 3 is 2.48 bits per heavy atom. The number of nitrogens with zero attached hydrogens (tertiary/aromatic N) is 1. The Balaban J connectivity index is 2.16. The van der Waals surface area contributed by atoms with Crippen LogP contribution < -0.4 is 11.1 Å². The van der Waals surface area contributed by atoms with Crippen molar-refractivity contribution in [3.05, 3.63) is 75.3 Å². The van der Waals surface area contributed by atoms with Crippen LogP contribution >= 0.6 is 0 Å². The molecule has 0 spiro atoms. The van der Waals surface area contributed by atoms with Gasteiger partial charge >= 0.3 is 0 Å². The number of nitro benzene ring substituents is 1. The molecule has 0 heterocycles. The van der Waals surface area contributed by atoms with Crippen LogP contribution in [0.5, 0.6) is 0 Å². The fourth-order valence-corrected chi connectivity index (χ4v) is 2.37. The van der Waals surface area contributed by atoms with Crippen molar-refractivity contribution in [1.29, 1.82) is 0 Å². The van der Waals surface area contributed by atoms with Gasteiger partial charge < -0.3 is 11.1 Å². The van der Waals surface area contributed by atoms with Crippen LogP contribution in [-0.2, 0) is 11.2 Å². The van der Waals surface area contributed by atoms with Crippen LogP contribution in [0, 0.1) is 10.1 Å². The van der Waals surface area contributed by atoms with Crippen LogP contribution in [0.25, 0.3) is 0 Å². The first-order chi connectivity index (χ1) is 11.0. The standard InChI is InChI=1S/C17H19N3O3/c1-19-16(21)11-8-12-6-9-13(10-7-12)17(18)14-4-2-3-5-15(14)20(22)23/h2-7,9-10,17H,8,11,18H2,1H3,(H,19,21). The normalized spacial score (nSPS) is 11.7. The number of aryl methyl sites for hydroxylation is 1. The minimum absolute atomic E-state index is 0.00862. The monoisotopic (exact) mass is 313 g/mol. The number of amides is 1. The molecule has 3 N–H and O–H groups in total. The lowest BCUT2D eigenvalue weighted by molar-refractivity contribution is -0.385. The Labute approximate surface area is 134 Å². The second kappa shape index (κ2) is 7.51. The molecule has 120 valence electrons. The summed E-state index contributed by atoms with van der Waals surface area (Å²) in [6.07, 6.45) is 1.06. The van der Waals surface area contributed by atoms with Crippen LogP contribution in [0.3, 0.4) is 0 Å². The van der Waals surface area contributed by atoms with Gasteiger partial charge in [0.25, 0.3) is 5.69 Å². The van der Waals surface area contributed by atoms with Gasteiger partial charge in [0.15, 0.2) is 0 Å². The highest BCUT2D eigenvalue weighted by Crippen LogP contribution is 2.28. The fraction of sp³-hybridized carbons (Fsp3) is 0.235. The van der Waals surface area contributed by atoms with Gasteiger partial charge in [-0.2, -0.15) is 0 Å². The highest BCUT2D eigenvalue weighted by molar-refractivity contribution is 5.75. The molecule has 2 aromatic carbocycles. The Hall–Kier alpha value is -2.73. The summed E-state index contributed by atoms with van der Waals surface area (Å²) in [5.41, 5.74) is 8.49. The number of para-hydroxylation sites is 1. The van der Waals surface area contributed by atoms with Gasteiger partial charge in [0.05, 0.1) is 16.5 Å². The van der Waals surface area contributed by atoms with Gasteiger partial charge in [-0.1, -0.05) is 42.5 Å². The van der Waals surface area contributed by atoms with Crippen LogP contribution in [-0.4, -0.2) is 17.9 Å². The second-order valence-corrected chi connectivity index (χ2v) is 5.21. The quantitative estimate of drug-likeness (QED) is 0.631. The van der Waals surface area contributed by atoms with E-state index in [-0.39, 0.29) is 11.6 Å². The van der Waals surface area contributed by atoms with Gasteiger partial charge in [-0.25, -0.2) is 0 Å². The first-order valence-corrected chi connectivity index (χ1v) is 7.31. The third-order valence-corrected chi connectivity index (χ3v) is 3.73. The Bertz CT molecular complexity index is 698. The molecule has 0 fully saturated rings. The predicted molar refractivity (Wildman–Crippen MR) is 88.0 cm³/mol. The average Bonchev–Trinajstić information content (AvgIpc) is 2.59. The number of hydrogen-bond acceptors (Lipinski definition) is 4. The molecule has 1 unspecified atom stereocenters. The Kier molecular flexibility index (Phi) is 5.43. The summed E-state index contributed by atoms with van der Waals surface area (Å²) in [4.78, 5) is 21.9. The lowest BCUT2D eigenvalue weighted by atomic mass is 9.96. The summed E-state index contributed by atoms with van der Waals surface area (Å²) in [6, 6.07) is 13.4. The van der Waals surface area contributed by atoms with Gasteiger partial charge in [-0.15, -0.1) is 0 Å². The summed E-state index contributed by atoms with van der Waals surface area (Å²) in [7, 11) is 1.61. The summed E-state index contributed by atoms with van der Waals surface area (Å²) in [6.45, 7) is 0. The zero-order chi connectivity index (χ0) is 16.8. The topological polar surface area (TPSA) is 98.3 Å². The lowest BCUT2D eigenvalue weighted by Crippen LogP contribution is -2.18. The van der Waals surface area contributed by atoms with Gasteiger partial charge in [0, 0.05) is 19.5 Å². The van der Waals surface area contributed by atoms with Crippen LogP contribution in [0.15, 0.2) is 48.5 Å². The second-order valence-electron chi connectivity index (χ2n) is 5.21. The van der Waals surface area contributed by atoms with E-state index in [1.165, 1.54) is 6.07 Å². The maximum absolute atomic E-state index is 11.3. The molecule has 2 aromatic rings. The van der Waals surface area contributed by atoms with Crippen molar-refractivity contribution in [1.82, 2.24) is 5.32 Å². The van der Waals surface area contributed by atoms with Crippen LogP contribution in [0.2, 0.25) is 0 Å². The smallest absolute Gasteiger partial charge is 0.274 e. The van der Waals surface area contributed by atoms with E-state index in [1.54, 1.807) is 25.2 Å². The number of nitro groups is 1. The molecule has 2 rings (SSSR count). The zero-order valence-corrected chi connectivity index (χ0v) is 12.9. The molecule has 0 bridgehead atoms. The van der Waals surface area contributed by atoms with E-state index >= 15 is 0 Å². The zero-order valence-electron chi connectivity index (χ0n) is 12.9. The average molecular weight is 313 g/mol. The molecule has 0 aliphatic heterocycles. The summed E-state index contributed by atoms with van der Waals surface area (Å²) in [5.74, 6) is -0.00862. The van der Waals surface area contributed by atoms with Crippen molar-refractivity contribution in [2.75, 3.05) is 7.05 Å². The predicted octanol–water partition coefficient (Wildman–Crippen LogP) is 2.32. The molecule has 0 saturated carbocycles. The van der Waals surface area contributed by atoms with Crippen molar-refractivity contribution in [2.45, 2.75) is 18.9 Å². The molecule has 23 heavy (non-hydrogen) atoms. The van der Waals surface area contributed by atoms with Crippen molar-refractivity contribution in [3.8, 4) is 0 Å². The summed E-state index contributed by atoms with van der Waals surface area (Å²) in [5, 5.41) is 13.7. The third kappa shape index (κ3) is 4.14. The van der Waals surface area contributed by atoms with Crippen molar-refractivity contribution in [3.63, 3.8) is 0 Å². The van der Waals surface area contributed by atoms with Gasteiger partial charge in [0.2, 0.25) is 5.91 Å². The van der Waals surface area contributed by atoms with Gasteiger partial charge in [-0.3, -0.25) is 14.9 Å². The number of carbonyl (C=O) groups is 1. The number of rotatable bonds is 6. The Morgan fingerprint density at radius 2 is 1.87 bits per heavy atom. The van der Waals surface area contributed by atoms with E-state index < -0.39 is 11.0 Å². The summed E-state index contributed by atoms with van der Waals surface area (Å²) < 4.78 is 0. The minimum Gasteiger partial charge on any atom is -0.359 e. The molecular weight excluding hydrogens is 294 g/mol. The number of carbonyl (C=O) groups excluding carboxylic acids is 1. The molecule has 0 radical (unpaired) electrons. The van der Waals surface area contributed by atoms with Crippen molar-refractivity contribution < 1.29 is 9.72 Å². The number of nitrogens with two attached hydrogens (primary N) is 1. The molecule has 0 aliphatic rings. The largest absolute Gasteiger partial charge is 0.359 e. The van der Waals surface area contributed by atoms with Crippen molar-refractivity contribution in [2.24, 2.45) is 5.73 Å². The Morgan fingerprint density at radius 1 is 1.22 bits per heavy atom. The summed E-state index contributed by atoms with van der Waals surface area (Å²) >= 11 is 0. The minimum atomic E-state index is -0.565. The van der Waals surface area contributed by atoms with Crippen molar-refractivity contribution >= 4 is 11.6 Å². The number of benzene rings is 2. The maximum Gasteiger partial charge on any atom is 0.274 e. The van der Waals surface area contributed by atoms with E-state index in [1.807, 2.05) is 24.3 Å². The molecule has 6 heteroatoms. The van der Waals surface area contributed by atoms with E-state index in [4.69, 9.17) is 5.73 Å². The molecule has 1 atom stereocenters. The van der Waals surface area contributed by atoms with Crippen LogP contribution in [0.4, 0.5) is 5.69 Å². The molecule has 0 saturated heterocycles. The molecule has 0 aromatic heterocycles. The highest BCUT2D eigenvalue weighted by Gasteiger charge is 2.19. The van der Waals surface area contributed by atoms with Gasteiger partial charge in [-0.05, 0) is 17.5 Å². The molecule has 6 nitrogen and oxygen atoms in total. The van der Waals surface area contributed by atoms with Gasteiger partial charge in [0.1, 0.15) is 0 Å². The first kappa shape index (κ1) is 16.6. The molecular formula is C17H19N3O3. The molecule has 0 aliphatic carbocycles.